The van der Waals surface area contributed by atoms with E-state index in [1.54, 1.807) is 7.11 Å². The van der Waals surface area contributed by atoms with Crippen LogP contribution in [0.4, 0.5) is 10.6 Å². The molecule has 1 aliphatic rings. The van der Waals surface area contributed by atoms with E-state index < -0.39 is 0 Å². The van der Waals surface area contributed by atoms with Crippen LogP contribution >= 0.6 is 0 Å². The zero-order valence-electron chi connectivity index (χ0n) is 17.4. The first kappa shape index (κ1) is 21.7. The number of nitrogens with zero attached hydrogens (tertiary/aromatic N) is 3. The van der Waals surface area contributed by atoms with Gasteiger partial charge in [0.2, 0.25) is 0 Å². The van der Waals surface area contributed by atoms with E-state index in [0.29, 0.717) is 12.4 Å². The number of carbonyl (C=O) groups excluding carboxylic acids is 1. The summed E-state index contributed by atoms with van der Waals surface area (Å²) in [6.45, 7) is 7.43. The van der Waals surface area contributed by atoms with Crippen LogP contribution in [0.2, 0.25) is 0 Å². The van der Waals surface area contributed by atoms with E-state index in [1.807, 2.05) is 72.8 Å². The molecule has 0 aliphatic carbocycles. The number of hydrogen-bond acceptors (Lipinski definition) is 3. The van der Waals surface area contributed by atoms with Crippen molar-refractivity contribution in [3.63, 3.8) is 0 Å². The van der Waals surface area contributed by atoms with Gasteiger partial charge in [-0.05, 0) is 37.8 Å². The first-order chi connectivity index (χ1) is 13.7. The van der Waals surface area contributed by atoms with Crippen molar-refractivity contribution in [2.24, 2.45) is 0 Å². The third kappa shape index (κ3) is 5.96. The van der Waals surface area contributed by atoms with E-state index in [2.05, 4.69) is 16.4 Å². The molecular weight excluding hydrogens is 352 g/mol. The molecule has 6 nitrogen and oxygen atoms in total. The number of urea groups is 1. The summed E-state index contributed by atoms with van der Waals surface area (Å²) in [4.78, 5) is 19.0. The van der Waals surface area contributed by atoms with Gasteiger partial charge in [0.1, 0.15) is 5.65 Å². The van der Waals surface area contributed by atoms with Gasteiger partial charge >= 0.3 is 6.03 Å². The van der Waals surface area contributed by atoms with Crippen LogP contribution in [0.5, 0.6) is 0 Å². The smallest absolute Gasteiger partial charge is 0.323 e. The molecule has 154 valence electrons. The average Bonchev–Trinajstić information content (AvgIpc) is 3.32. The summed E-state index contributed by atoms with van der Waals surface area (Å²) < 4.78 is 6.90. The number of pyridine rings is 1. The quantitative estimate of drug-likeness (QED) is 0.706. The number of imidazole rings is 1. The Morgan fingerprint density at radius 3 is 2.89 bits per heavy atom. The molecule has 2 aromatic rings. The highest BCUT2D eigenvalue weighted by Crippen LogP contribution is 2.22. The number of likely N-dealkylation sites (tertiary alicyclic amines) is 1. The van der Waals surface area contributed by atoms with Gasteiger partial charge in [-0.2, -0.15) is 0 Å². The van der Waals surface area contributed by atoms with Gasteiger partial charge in [-0.1, -0.05) is 44.2 Å². The van der Waals surface area contributed by atoms with Gasteiger partial charge in [0.25, 0.3) is 0 Å². The van der Waals surface area contributed by atoms with Crippen LogP contribution in [0.25, 0.3) is 5.65 Å². The van der Waals surface area contributed by atoms with E-state index in [-0.39, 0.29) is 13.5 Å². The predicted octanol–water partition coefficient (Wildman–Crippen LogP) is 5.06. The third-order valence-corrected chi connectivity index (χ3v) is 4.53. The summed E-state index contributed by atoms with van der Waals surface area (Å²) in [6.07, 6.45) is 14.8. The zero-order valence-corrected chi connectivity index (χ0v) is 17.4. The first-order valence-electron chi connectivity index (χ1n) is 10.0. The SMILES string of the molecule is CC.COC/C=C\C=C/CC1CCCN1C(=O)Nc1cn2cc(C)ccc2n1.[HH]. The second-order valence-electron chi connectivity index (χ2n) is 6.57. The Labute approximate surface area is 169 Å². The van der Waals surface area contributed by atoms with Crippen molar-refractivity contribution < 1.29 is 11.0 Å². The van der Waals surface area contributed by atoms with Gasteiger partial charge in [0.15, 0.2) is 5.82 Å². The Balaban J connectivity index is 0.00000136. The number of aryl methyl sites for hydroxylation is 1. The zero-order chi connectivity index (χ0) is 20.4. The van der Waals surface area contributed by atoms with Crippen molar-refractivity contribution >= 4 is 17.5 Å². The number of aromatic nitrogens is 2. The fourth-order valence-corrected chi connectivity index (χ4v) is 3.24. The minimum absolute atomic E-state index is 0. The Morgan fingerprint density at radius 2 is 2.11 bits per heavy atom. The van der Waals surface area contributed by atoms with Crippen molar-refractivity contribution in [1.29, 1.82) is 0 Å². The topological polar surface area (TPSA) is 58.9 Å². The summed E-state index contributed by atoms with van der Waals surface area (Å²) in [5.74, 6) is 0.587. The van der Waals surface area contributed by atoms with Crippen molar-refractivity contribution in [2.75, 3.05) is 25.6 Å². The maximum Gasteiger partial charge on any atom is 0.323 e. The molecule has 0 radical (unpaired) electrons. The lowest BCUT2D eigenvalue weighted by Crippen LogP contribution is -2.38. The van der Waals surface area contributed by atoms with Crippen LogP contribution in [-0.2, 0) is 4.74 Å². The summed E-state index contributed by atoms with van der Waals surface area (Å²) in [5.41, 5.74) is 1.98. The van der Waals surface area contributed by atoms with Crippen LogP contribution < -0.4 is 5.32 Å². The molecule has 28 heavy (non-hydrogen) atoms. The molecule has 0 spiro atoms. The van der Waals surface area contributed by atoms with E-state index in [4.69, 9.17) is 4.74 Å². The van der Waals surface area contributed by atoms with Gasteiger partial charge < -0.3 is 14.0 Å². The summed E-state index contributed by atoms with van der Waals surface area (Å²) in [6, 6.07) is 4.13. The van der Waals surface area contributed by atoms with Gasteiger partial charge in [0.05, 0.1) is 12.8 Å². The number of fused-ring (bicyclic) bond motifs is 1. The molecule has 1 aliphatic heterocycles. The molecule has 0 aromatic carbocycles. The fourth-order valence-electron chi connectivity index (χ4n) is 3.24. The molecule has 1 saturated heterocycles. The second-order valence-corrected chi connectivity index (χ2v) is 6.57. The standard InChI is InChI=1S/C20H26N4O2.C2H6.H2/c1-16-10-11-19-21-18(15-23(19)14-16)22-20(25)24-12-7-9-17(24)8-5-3-4-6-13-26-2;1-2;/h3-6,10-11,14-15,17H,7-9,12-13H2,1-2H3,(H,22,25);1-2H3;1H/b5-3-,6-4-;;. The lowest BCUT2D eigenvalue weighted by molar-refractivity contribution is 0.207. The first-order valence-corrected chi connectivity index (χ1v) is 10.0. The van der Waals surface area contributed by atoms with Crippen LogP contribution in [0.15, 0.2) is 48.8 Å². The number of ether oxygens (including phenoxy) is 1. The number of nitrogens with one attached hydrogen (secondary N) is 1. The maximum atomic E-state index is 12.7. The number of carbonyl (C=O) groups is 1. The van der Waals surface area contributed by atoms with Crippen LogP contribution in [0.1, 0.15) is 40.1 Å². The third-order valence-electron chi connectivity index (χ3n) is 4.53. The van der Waals surface area contributed by atoms with Crippen molar-refractivity contribution in [1.82, 2.24) is 14.3 Å². The highest BCUT2D eigenvalue weighted by molar-refractivity contribution is 5.89. The van der Waals surface area contributed by atoms with Crippen molar-refractivity contribution in [3.8, 4) is 0 Å². The average molecular weight is 387 g/mol. The summed E-state index contributed by atoms with van der Waals surface area (Å²) in [5, 5.41) is 2.94. The number of amides is 2. The molecule has 1 N–H and O–H groups in total. The summed E-state index contributed by atoms with van der Waals surface area (Å²) >= 11 is 0. The highest BCUT2D eigenvalue weighted by Gasteiger charge is 2.28. The largest absolute Gasteiger partial charge is 0.381 e. The van der Waals surface area contributed by atoms with Gasteiger partial charge in [0, 0.05) is 27.3 Å². The molecule has 1 fully saturated rings. The van der Waals surface area contributed by atoms with Gasteiger partial charge in [-0.3, -0.25) is 5.32 Å². The van der Waals surface area contributed by atoms with Crippen LogP contribution in [0, 0.1) is 6.92 Å². The van der Waals surface area contributed by atoms with Gasteiger partial charge in [-0.15, -0.1) is 0 Å². The highest BCUT2D eigenvalue weighted by atomic mass is 16.5. The molecule has 2 amide bonds. The fraction of sp³-hybridized carbons (Fsp3) is 0.455. The number of allylic oxidation sites excluding steroid dienone is 2. The lowest BCUT2D eigenvalue weighted by atomic mass is 10.1. The van der Waals surface area contributed by atoms with Gasteiger partial charge in [-0.25, -0.2) is 9.78 Å². The van der Waals surface area contributed by atoms with E-state index in [9.17, 15) is 4.79 Å². The minimum Gasteiger partial charge on any atom is -0.381 e. The van der Waals surface area contributed by atoms with Crippen molar-refractivity contribution in [2.45, 2.75) is 46.1 Å². The Kier molecular flexibility index (Phi) is 8.75. The molecule has 3 heterocycles. The molecule has 2 aromatic heterocycles. The molecule has 1 atom stereocenters. The molecule has 1 unspecified atom stereocenters. The monoisotopic (exact) mass is 386 g/mol. The minimum atomic E-state index is -0.0732. The van der Waals surface area contributed by atoms with Crippen LogP contribution in [-0.4, -0.2) is 46.6 Å². The molecular formula is C22H34N4O2. The van der Waals surface area contributed by atoms with Crippen LogP contribution in [0.3, 0.4) is 0 Å². The predicted molar refractivity (Wildman–Crippen MR) is 117 cm³/mol. The van der Waals surface area contributed by atoms with E-state index in [1.165, 1.54) is 0 Å². The summed E-state index contributed by atoms with van der Waals surface area (Å²) in [7, 11) is 1.67. The number of hydrogen-bond donors (Lipinski definition) is 1. The molecule has 6 heteroatoms. The number of anilines is 1. The Bertz CT molecular complexity index is 816. The maximum absolute atomic E-state index is 12.7. The molecule has 3 rings (SSSR count). The number of methoxy groups -OCH3 is 1. The number of rotatable bonds is 6. The second kappa shape index (κ2) is 11.3. The van der Waals surface area contributed by atoms with E-state index in [0.717, 1.165) is 37.0 Å². The Hall–Kier alpha value is -2.60. The van der Waals surface area contributed by atoms with Crippen molar-refractivity contribution in [3.05, 3.63) is 54.4 Å². The molecule has 0 saturated carbocycles. The van der Waals surface area contributed by atoms with E-state index >= 15 is 0 Å². The normalized spacial score (nSPS) is 16.7. The molecule has 0 bridgehead atoms. The lowest BCUT2D eigenvalue weighted by Gasteiger charge is -2.23. The Morgan fingerprint density at radius 1 is 1.32 bits per heavy atom.